The first-order valence-corrected chi connectivity index (χ1v) is 7.53. The van der Waals surface area contributed by atoms with Gasteiger partial charge in [0.25, 0.3) is 5.91 Å². The summed E-state index contributed by atoms with van der Waals surface area (Å²) in [5.41, 5.74) is 7.18. The molecule has 0 radical (unpaired) electrons. The molecule has 4 nitrogen and oxygen atoms in total. The number of carbonyl (C=O) groups is 1. The third kappa shape index (κ3) is 5.07. The zero-order valence-electron chi connectivity index (χ0n) is 13.2. The van der Waals surface area contributed by atoms with E-state index >= 15 is 0 Å². The summed E-state index contributed by atoms with van der Waals surface area (Å²) in [6.07, 6.45) is 0.695. The van der Waals surface area contributed by atoms with Gasteiger partial charge in [-0.1, -0.05) is 12.1 Å². The number of nitrogens with zero attached hydrogens (tertiary/aromatic N) is 1. The number of nitrogens with two attached hydrogens (primary N) is 1. The molecule has 1 amide bonds. The average molecular weight is 316 g/mol. The highest BCUT2D eigenvalue weighted by Gasteiger charge is 2.11. The van der Waals surface area contributed by atoms with E-state index in [9.17, 15) is 9.18 Å². The van der Waals surface area contributed by atoms with Gasteiger partial charge in [-0.2, -0.15) is 0 Å². The Morgan fingerprint density at radius 1 is 1.13 bits per heavy atom. The first-order chi connectivity index (χ1) is 11.1. The second kappa shape index (κ2) is 8.29. The molecule has 2 N–H and O–H groups in total. The number of benzene rings is 2. The van der Waals surface area contributed by atoms with Crippen LogP contribution in [0, 0.1) is 5.82 Å². The summed E-state index contributed by atoms with van der Waals surface area (Å²) in [7, 11) is 1.76. The lowest BCUT2D eigenvalue weighted by atomic mass is 10.1. The molecule has 0 aliphatic carbocycles. The molecule has 0 atom stereocenters. The quantitative estimate of drug-likeness (QED) is 0.799. The minimum atomic E-state index is -0.289. The third-order valence-corrected chi connectivity index (χ3v) is 3.50. The standard InChI is InChI=1S/C18H21FN2O2/c1-21(18(22)15-5-3-14(13-20)4-6-15)11-2-12-23-17-9-7-16(19)8-10-17/h3-10H,2,11-13,20H2,1H3. The maximum absolute atomic E-state index is 12.8. The van der Waals surface area contributed by atoms with E-state index in [1.807, 2.05) is 12.1 Å². The fourth-order valence-corrected chi connectivity index (χ4v) is 2.13. The fraction of sp³-hybridized carbons (Fsp3) is 0.278. The second-order valence-corrected chi connectivity index (χ2v) is 5.28. The highest BCUT2D eigenvalue weighted by atomic mass is 19.1. The maximum Gasteiger partial charge on any atom is 0.253 e. The zero-order chi connectivity index (χ0) is 16.7. The van der Waals surface area contributed by atoms with Gasteiger partial charge in [0.2, 0.25) is 0 Å². The number of rotatable bonds is 7. The fourth-order valence-electron chi connectivity index (χ4n) is 2.13. The van der Waals surface area contributed by atoms with E-state index in [4.69, 9.17) is 10.5 Å². The van der Waals surface area contributed by atoms with Gasteiger partial charge in [-0.05, 0) is 48.4 Å². The van der Waals surface area contributed by atoms with Gasteiger partial charge in [0.1, 0.15) is 11.6 Å². The van der Waals surface area contributed by atoms with Crippen molar-refractivity contribution < 1.29 is 13.9 Å². The van der Waals surface area contributed by atoms with Crippen molar-refractivity contribution in [3.63, 3.8) is 0 Å². The molecule has 0 aromatic heterocycles. The topological polar surface area (TPSA) is 55.6 Å². The van der Waals surface area contributed by atoms with Crippen molar-refractivity contribution in [3.05, 3.63) is 65.5 Å². The van der Waals surface area contributed by atoms with Gasteiger partial charge in [0.15, 0.2) is 0 Å². The molecular weight excluding hydrogens is 295 g/mol. The summed E-state index contributed by atoms with van der Waals surface area (Å²) in [6, 6.07) is 13.2. The number of hydrogen-bond acceptors (Lipinski definition) is 3. The van der Waals surface area contributed by atoms with Crippen LogP contribution >= 0.6 is 0 Å². The van der Waals surface area contributed by atoms with Crippen LogP contribution in [0.3, 0.4) is 0 Å². The van der Waals surface area contributed by atoms with Crippen molar-refractivity contribution in [2.45, 2.75) is 13.0 Å². The molecule has 0 unspecified atom stereocenters. The van der Waals surface area contributed by atoms with Gasteiger partial charge in [-0.15, -0.1) is 0 Å². The Kier molecular flexibility index (Phi) is 6.11. The monoisotopic (exact) mass is 316 g/mol. The van der Waals surface area contributed by atoms with Gasteiger partial charge in [0, 0.05) is 25.7 Å². The number of amides is 1. The molecule has 2 aromatic rings. The highest BCUT2D eigenvalue weighted by molar-refractivity contribution is 5.94. The highest BCUT2D eigenvalue weighted by Crippen LogP contribution is 2.11. The summed E-state index contributed by atoms with van der Waals surface area (Å²) in [4.78, 5) is 13.9. The molecule has 0 spiro atoms. The van der Waals surface area contributed by atoms with Crippen LogP contribution in [0.4, 0.5) is 4.39 Å². The van der Waals surface area contributed by atoms with Crippen LogP contribution in [0.25, 0.3) is 0 Å². The first kappa shape index (κ1) is 17.0. The van der Waals surface area contributed by atoms with Gasteiger partial charge >= 0.3 is 0 Å². The summed E-state index contributed by atoms with van der Waals surface area (Å²) < 4.78 is 18.3. The van der Waals surface area contributed by atoms with Gasteiger partial charge in [0.05, 0.1) is 6.61 Å². The van der Waals surface area contributed by atoms with E-state index < -0.39 is 0 Å². The van der Waals surface area contributed by atoms with Gasteiger partial charge < -0.3 is 15.4 Å². The van der Waals surface area contributed by atoms with E-state index in [-0.39, 0.29) is 11.7 Å². The number of hydrogen-bond donors (Lipinski definition) is 1. The Balaban J connectivity index is 1.76. The molecular formula is C18H21FN2O2. The summed E-state index contributed by atoms with van der Waals surface area (Å²) in [5.74, 6) is 0.302. The lowest BCUT2D eigenvalue weighted by Gasteiger charge is -2.17. The van der Waals surface area contributed by atoms with E-state index in [0.717, 1.165) is 5.56 Å². The Morgan fingerprint density at radius 3 is 2.39 bits per heavy atom. The Hall–Kier alpha value is -2.40. The number of halogens is 1. The molecule has 0 saturated carbocycles. The molecule has 0 aliphatic heterocycles. The Labute approximate surface area is 135 Å². The molecule has 0 heterocycles. The van der Waals surface area contributed by atoms with Crippen LogP contribution in [-0.2, 0) is 6.54 Å². The van der Waals surface area contributed by atoms with E-state index in [2.05, 4.69) is 0 Å². The van der Waals surface area contributed by atoms with E-state index in [1.165, 1.54) is 12.1 Å². The first-order valence-electron chi connectivity index (χ1n) is 7.53. The largest absolute Gasteiger partial charge is 0.494 e. The van der Waals surface area contributed by atoms with E-state index in [0.29, 0.717) is 37.4 Å². The smallest absolute Gasteiger partial charge is 0.253 e. The third-order valence-electron chi connectivity index (χ3n) is 3.50. The van der Waals surface area contributed by atoms with Crippen LogP contribution in [-0.4, -0.2) is 31.0 Å². The molecule has 0 fully saturated rings. The number of ether oxygens (including phenoxy) is 1. The molecule has 23 heavy (non-hydrogen) atoms. The molecule has 122 valence electrons. The lowest BCUT2D eigenvalue weighted by molar-refractivity contribution is 0.0788. The molecule has 2 aromatic carbocycles. The van der Waals surface area contributed by atoms with Gasteiger partial charge in [-0.25, -0.2) is 4.39 Å². The SMILES string of the molecule is CN(CCCOc1ccc(F)cc1)C(=O)c1ccc(CN)cc1. The van der Waals surface area contributed by atoms with Crippen LogP contribution in [0.2, 0.25) is 0 Å². The average Bonchev–Trinajstić information content (AvgIpc) is 2.59. The predicted octanol–water partition coefficient (Wildman–Crippen LogP) is 2.83. The van der Waals surface area contributed by atoms with Crippen LogP contribution in [0.5, 0.6) is 5.75 Å². The van der Waals surface area contributed by atoms with Crippen molar-refractivity contribution in [1.82, 2.24) is 4.90 Å². The summed E-state index contributed by atoms with van der Waals surface area (Å²) in [6.45, 7) is 1.51. The lowest BCUT2D eigenvalue weighted by Crippen LogP contribution is -2.28. The van der Waals surface area contributed by atoms with E-state index in [1.54, 1.807) is 36.2 Å². The summed E-state index contributed by atoms with van der Waals surface area (Å²) >= 11 is 0. The Morgan fingerprint density at radius 2 is 1.78 bits per heavy atom. The second-order valence-electron chi connectivity index (χ2n) is 5.28. The number of carbonyl (C=O) groups excluding carboxylic acids is 1. The predicted molar refractivity (Wildman–Crippen MR) is 87.8 cm³/mol. The van der Waals surface area contributed by atoms with Crippen LogP contribution < -0.4 is 10.5 Å². The molecule has 0 aliphatic rings. The van der Waals surface area contributed by atoms with Gasteiger partial charge in [-0.3, -0.25) is 4.79 Å². The zero-order valence-corrected chi connectivity index (χ0v) is 13.2. The molecule has 0 bridgehead atoms. The molecule has 5 heteroatoms. The maximum atomic E-state index is 12.8. The molecule has 2 rings (SSSR count). The minimum Gasteiger partial charge on any atom is -0.494 e. The Bertz CT molecular complexity index is 626. The summed E-state index contributed by atoms with van der Waals surface area (Å²) in [5, 5.41) is 0. The van der Waals surface area contributed by atoms with Crippen molar-refractivity contribution >= 4 is 5.91 Å². The van der Waals surface area contributed by atoms with Crippen LogP contribution in [0.15, 0.2) is 48.5 Å². The molecule has 0 saturated heterocycles. The van der Waals surface area contributed by atoms with Crippen molar-refractivity contribution in [1.29, 1.82) is 0 Å². The van der Waals surface area contributed by atoms with Crippen molar-refractivity contribution in [3.8, 4) is 5.75 Å². The van der Waals surface area contributed by atoms with Crippen molar-refractivity contribution in [2.24, 2.45) is 5.73 Å². The minimum absolute atomic E-state index is 0.0321. The normalized spacial score (nSPS) is 10.4. The van der Waals surface area contributed by atoms with Crippen LogP contribution in [0.1, 0.15) is 22.3 Å². The van der Waals surface area contributed by atoms with Crippen molar-refractivity contribution in [2.75, 3.05) is 20.2 Å².